The number of halogens is 2. The van der Waals surface area contributed by atoms with Crippen molar-refractivity contribution in [1.29, 1.82) is 0 Å². The van der Waals surface area contributed by atoms with Gasteiger partial charge in [0.05, 0.1) is 18.8 Å². The zero-order valence-corrected chi connectivity index (χ0v) is 13.6. The van der Waals surface area contributed by atoms with E-state index in [0.29, 0.717) is 11.0 Å². The summed E-state index contributed by atoms with van der Waals surface area (Å²) in [6, 6.07) is 12.3. The summed E-state index contributed by atoms with van der Waals surface area (Å²) in [5.41, 5.74) is 7.82. The molecule has 0 aliphatic rings. The zero-order chi connectivity index (χ0) is 15.4. The van der Waals surface area contributed by atoms with Crippen LogP contribution in [-0.4, -0.2) is 20.7 Å². The third-order valence-corrected chi connectivity index (χ3v) is 4.16. The van der Waals surface area contributed by atoms with Crippen molar-refractivity contribution in [3.63, 3.8) is 0 Å². The number of hydrogen-bond acceptors (Lipinski definition) is 3. The Bertz CT molecular complexity index is 621. The van der Waals surface area contributed by atoms with Crippen LogP contribution in [0.3, 0.4) is 0 Å². The molecule has 0 spiro atoms. The Hall–Kier alpha value is -1.59. The molecule has 21 heavy (non-hydrogen) atoms. The van der Waals surface area contributed by atoms with Crippen LogP contribution in [0.25, 0.3) is 0 Å². The van der Waals surface area contributed by atoms with E-state index in [1.165, 1.54) is 12.1 Å². The fourth-order valence-electron chi connectivity index (χ4n) is 2.35. The number of likely N-dealkylation sites (N-methyl/N-ethyl adjacent to an activating group) is 1. The van der Waals surface area contributed by atoms with E-state index in [4.69, 9.17) is 10.5 Å². The first-order valence-electron chi connectivity index (χ1n) is 6.59. The van der Waals surface area contributed by atoms with Crippen LogP contribution in [0, 0.1) is 5.82 Å². The lowest BCUT2D eigenvalue weighted by atomic mass is 10.0. The second kappa shape index (κ2) is 6.91. The molecular formula is C16H18BrFN2O. The summed E-state index contributed by atoms with van der Waals surface area (Å²) in [7, 11) is 3.59. The molecule has 3 nitrogen and oxygen atoms in total. The van der Waals surface area contributed by atoms with E-state index in [2.05, 4.69) is 15.9 Å². The van der Waals surface area contributed by atoms with Crippen LogP contribution in [0.2, 0.25) is 0 Å². The van der Waals surface area contributed by atoms with Crippen LogP contribution in [0.5, 0.6) is 5.75 Å². The van der Waals surface area contributed by atoms with Crippen LogP contribution in [0.4, 0.5) is 10.1 Å². The maximum atomic E-state index is 13.3. The largest absolute Gasteiger partial charge is 0.495 e. The summed E-state index contributed by atoms with van der Waals surface area (Å²) >= 11 is 3.41. The Morgan fingerprint density at radius 1 is 1.29 bits per heavy atom. The van der Waals surface area contributed by atoms with Gasteiger partial charge in [0.2, 0.25) is 0 Å². The summed E-state index contributed by atoms with van der Waals surface area (Å²) < 4.78 is 19.4. The lowest BCUT2D eigenvalue weighted by Gasteiger charge is -2.31. The summed E-state index contributed by atoms with van der Waals surface area (Å²) in [6.45, 7) is 0.402. The number of methoxy groups -OCH3 is 1. The van der Waals surface area contributed by atoms with Gasteiger partial charge in [0.25, 0.3) is 0 Å². The molecule has 2 aromatic rings. The molecule has 0 aliphatic carbocycles. The number of benzene rings is 2. The number of hydrogen-bond donors (Lipinski definition) is 1. The zero-order valence-electron chi connectivity index (χ0n) is 12.0. The highest BCUT2D eigenvalue weighted by atomic mass is 79.9. The van der Waals surface area contributed by atoms with Crippen molar-refractivity contribution in [2.75, 3.05) is 25.6 Å². The number of anilines is 1. The van der Waals surface area contributed by atoms with Gasteiger partial charge in [-0.05, 0) is 29.8 Å². The first kappa shape index (κ1) is 15.8. The minimum absolute atomic E-state index is 0.0868. The van der Waals surface area contributed by atoms with Crippen molar-refractivity contribution in [3.05, 3.63) is 58.3 Å². The van der Waals surface area contributed by atoms with Crippen LogP contribution in [-0.2, 0) is 0 Å². The van der Waals surface area contributed by atoms with Crippen molar-refractivity contribution in [1.82, 2.24) is 0 Å². The summed E-state index contributed by atoms with van der Waals surface area (Å²) in [4.78, 5) is 2.04. The molecule has 0 amide bonds. The van der Waals surface area contributed by atoms with Crippen molar-refractivity contribution in [3.8, 4) is 5.75 Å². The number of nitrogens with two attached hydrogens (primary N) is 1. The molecule has 0 saturated heterocycles. The van der Waals surface area contributed by atoms with Gasteiger partial charge < -0.3 is 15.4 Å². The van der Waals surface area contributed by atoms with Crippen molar-refractivity contribution >= 4 is 21.6 Å². The van der Waals surface area contributed by atoms with E-state index in [1.54, 1.807) is 13.2 Å². The molecule has 2 N–H and O–H groups in total. The summed E-state index contributed by atoms with van der Waals surface area (Å²) in [6.07, 6.45) is 0. The highest BCUT2D eigenvalue weighted by molar-refractivity contribution is 9.10. The van der Waals surface area contributed by atoms with E-state index in [-0.39, 0.29) is 11.9 Å². The first-order chi connectivity index (χ1) is 10.1. The van der Waals surface area contributed by atoms with Gasteiger partial charge >= 0.3 is 0 Å². The second-order valence-corrected chi connectivity index (χ2v) is 5.55. The Kier molecular flexibility index (Phi) is 5.20. The number of ether oxygens (including phenoxy) is 1. The molecule has 1 atom stereocenters. The molecule has 0 aromatic heterocycles. The smallest absolute Gasteiger partial charge is 0.142 e. The standard InChI is InChI=1S/C16H18BrFN2O/c1-20(14-5-3-4-6-16(14)21-2)15(10-19)12-8-7-11(18)9-13(12)17/h3-9,15H,10,19H2,1-2H3. The van der Waals surface area contributed by atoms with E-state index in [1.807, 2.05) is 36.2 Å². The quantitative estimate of drug-likeness (QED) is 0.890. The van der Waals surface area contributed by atoms with Gasteiger partial charge in [-0.1, -0.05) is 34.1 Å². The predicted octanol–water partition coefficient (Wildman–Crippen LogP) is 3.73. The lowest BCUT2D eigenvalue weighted by Crippen LogP contribution is -2.31. The van der Waals surface area contributed by atoms with Gasteiger partial charge in [-0.3, -0.25) is 0 Å². The number of para-hydroxylation sites is 2. The molecule has 0 aliphatic heterocycles. The predicted molar refractivity (Wildman–Crippen MR) is 87.3 cm³/mol. The Labute approximate surface area is 132 Å². The molecule has 112 valence electrons. The highest BCUT2D eigenvalue weighted by Crippen LogP contribution is 2.35. The third-order valence-electron chi connectivity index (χ3n) is 3.48. The lowest BCUT2D eigenvalue weighted by molar-refractivity contribution is 0.413. The molecule has 2 rings (SSSR count). The van der Waals surface area contributed by atoms with E-state index in [0.717, 1.165) is 17.0 Å². The van der Waals surface area contributed by atoms with Gasteiger partial charge in [0.1, 0.15) is 11.6 Å². The Balaban J connectivity index is 2.40. The second-order valence-electron chi connectivity index (χ2n) is 4.70. The molecule has 0 radical (unpaired) electrons. The van der Waals surface area contributed by atoms with Crippen molar-refractivity contribution < 1.29 is 9.13 Å². The topological polar surface area (TPSA) is 38.5 Å². The van der Waals surface area contributed by atoms with Gasteiger partial charge in [-0.15, -0.1) is 0 Å². The molecule has 0 fully saturated rings. The Morgan fingerprint density at radius 2 is 2.00 bits per heavy atom. The van der Waals surface area contributed by atoms with Gasteiger partial charge in [0.15, 0.2) is 0 Å². The van der Waals surface area contributed by atoms with E-state index < -0.39 is 0 Å². The van der Waals surface area contributed by atoms with Crippen molar-refractivity contribution in [2.45, 2.75) is 6.04 Å². The van der Waals surface area contributed by atoms with Gasteiger partial charge in [-0.25, -0.2) is 4.39 Å². The van der Waals surface area contributed by atoms with E-state index in [9.17, 15) is 4.39 Å². The van der Waals surface area contributed by atoms with Crippen LogP contribution in [0.15, 0.2) is 46.9 Å². The van der Waals surface area contributed by atoms with E-state index >= 15 is 0 Å². The molecule has 5 heteroatoms. The molecule has 0 saturated carbocycles. The first-order valence-corrected chi connectivity index (χ1v) is 7.38. The minimum atomic E-state index is -0.277. The van der Waals surface area contributed by atoms with Crippen LogP contribution >= 0.6 is 15.9 Å². The van der Waals surface area contributed by atoms with Gasteiger partial charge in [0, 0.05) is 18.1 Å². The fourth-order valence-corrected chi connectivity index (χ4v) is 2.97. The SMILES string of the molecule is COc1ccccc1N(C)C(CN)c1ccc(F)cc1Br. The summed E-state index contributed by atoms with van der Waals surface area (Å²) in [5.74, 6) is 0.498. The van der Waals surface area contributed by atoms with Crippen molar-refractivity contribution in [2.24, 2.45) is 5.73 Å². The highest BCUT2D eigenvalue weighted by Gasteiger charge is 2.21. The average molecular weight is 353 g/mol. The third kappa shape index (κ3) is 3.36. The maximum Gasteiger partial charge on any atom is 0.142 e. The number of nitrogens with zero attached hydrogens (tertiary/aromatic N) is 1. The minimum Gasteiger partial charge on any atom is -0.495 e. The van der Waals surface area contributed by atoms with Crippen LogP contribution in [0.1, 0.15) is 11.6 Å². The number of rotatable bonds is 5. The fraction of sp³-hybridized carbons (Fsp3) is 0.250. The van der Waals surface area contributed by atoms with Gasteiger partial charge in [-0.2, -0.15) is 0 Å². The average Bonchev–Trinajstić information content (AvgIpc) is 2.49. The molecule has 1 unspecified atom stereocenters. The normalized spacial score (nSPS) is 12.0. The molecule has 2 aromatic carbocycles. The molecule has 0 bridgehead atoms. The van der Waals surface area contributed by atoms with Crippen LogP contribution < -0.4 is 15.4 Å². The Morgan fingerprint density at radius 3 is 2.62 bits per heavy atom. The monoisotopic (exact) mass is 352 g/mol. The molecular weight excluding hydrogens is 335 g/mol. The maximum absolute atomic E-state index is 13.3. The molecule has 0 heterocycles. The summed E-state index contributed by atoms with van der Waals surface area (Å²) in [5, 5.41) is 0.